The average Bonchev–Trinajstić information content (AvgIpc) is 3.30. The number of hydrogen-bond acceptors (Lipinski definition) is 8. The van der Waals surface area contributed by atoms with Crippen molar-refractivity contribution in [1.29, 1.82) is 0 Å². The van der Waals surface area contributed by atoms with Gasteiger partial charge in [-0.25, -0.2) is 4.98 Å². The van der Waals surface area contributed by atoms with Crippen molar-refractivity contribution in [2.45, 2.75) is 57.4 Å². The van der Waals surface area contributed by atoms with E-state index in [4.69, 9.17) is 9.72 Å². The summed E-state index contributed by atoms with van der Waals surface area (Å²) in [5.41, 5.74) is 1.69. The molecule has 2 amide bonds. The van der Waals surface area contributed by atoms with E-state index >= 15 is 0 Å². The molecule has 2 aromatic rings. The molecule has 1 saturated heterocycles. The molecular formula is C29H39N7O3. The number of anilines is 4. The minimum atomic E-state index is -0.292. The van der Waals surface area contributed by atoms with Gasteiger partial charge in [-0.05, 0) is 69.8 Å². The van der Waals surface area contributed by atoms with Gasteiger partial charge in [0.2, 0.25) is 11.9 Å². The van der Waals surface area contributed by atoms with Gasteiger partial charge in [0.15, 0.2) is 5.82 Å². The number of benzene rings is 1. The van der Waals surface area contributed by atoms with Gasteiger partial charge >= 0.3 is 0 Å². The van der Waals surface area contributed by atoms with Crippen molar-refractivity contribution in [2.24, 2.45) is 5.41 Å². The summed E-state index contributed by atoms with van der Waals surface area (Å²) in [7, 11) is 3.43. The molecule has 1 spiro atoms. The second kappa shape index (κ2) is 10.6. The molecule has 39 heavy (non-hydrogen) atoms. The van der Waals surface area contributed by atoms with Crippen molar-refractivity contribution in [3.05, 3.63) is 30.0 Å². The number of methoxy groups -OCH3 is 1. The number of nitrogens with one attached hydrogen (secondary N) is 2. The maximum Gasteiger partial charge on any atom is 0.251 e. The lowest BCUT2D eigenvalue weighted by Gasteiger charge is -2.31. The van der Waals surface area contributed by atoms with E-state index in [-0.39, 0.29) is 17.2 Å². The first kappa shape index (κ1) is 25.9. The lowest BCUT2D eigenvalue weighted by atomic mass is 10.0. The number of aromatic nitrogens is 2. The van der Waals surface area contributed by atoms with Crippen LogP contribution in [0.1, 0.15) is 61.7 Å². The molecule has 0 bridgehead atoms. The largest absolute Gasteiger partial charge is 0.495 e. The lowest BCUT2D eigenvalue weighted by Crippen LogP contribution is -2.41. The summed E-state index contributed by atoms with van der Waals surface area (Å²) in [5, 5.41) is 6.32. The molecule has 2 aliphatic carbocycles. The van der Waals surface area contributed by atoms with E-state index in [1.165, 1.54) is 25.7 Å². The number of hydrogen-bond donors (Lipinski definition) is 2. The van der Waals surface area contributed by atoms with Crippen LogP contribution in [0.2, 0.25) is 0 Å². The Kier molecular flexibility index (Phi) is 7.05. The highest BCUT2D eigenvalue weighted by Crippen LogP contribution is 2.52. The van der Waals surface area contributed by atoms with Gasteiger partial charge in [0.1, 0.15) is 11.4 Å². The lowest BCUT2D eigenvalue weighted by molar-refractivity contribution is -0.122. The first-order valence-corrected chi connectivity index (χ1v) is 14.3. The summed E-state index contributed by atoms with van der Waals surface area (Å²) in [5.74, 6) is 1.84. The molecule has 2 saturated carbocycles. The Hall–Kier alpha value is -3.40. The molecule has 0 atom stereocenters. The fraction of sp³-hybridized carbons (Fsp3) is 0.586. The summed E-state index contributed by atoms with van der Waals surface area (Å²) in [6.45, 7) is 4.44. The Morgan fingerprint density at radius 1 is 1.15 bits per heavy atom. The second-order valence-corrected chi connectivity index (χ2v) is 11.5. The molecule has 1 aromatic carbocycles. The van der Waals surface area contributed by atoms with Crippen molar-refractivity contribution in [1.82, 2.24) is 20.2 Å². The number of nitrogens with zero attached hydrogens (tertiary/aromatic N) is 5. The van der Waals surface area contributed by atoms with Crippen LogP contribution in [0.4, 0.5) is 23.1 Å². The van der Waals surface area contributed by atoms with Crippen LogP contribution in [0.5, 0.6) is 5.75 Å². The highest BCUT2D eigenvalue weighted by Gasteiger charge is 2.55. The zero-order valence-electron chi connectivity index (χ0n) is 23.0. The van der Waals surface area contributed by atoms with Crippen LogP contribution in [0.25, 0.3) is 0 Å². The predicted molar refractivity (Wildman–Crippen MR) is 151 cm³/mol. The fourth-order valence-corrected chi connectivity index (χ4v) is 6.34. The predicted octanol–water partition coefficient (Wildman–Crippen LogP) is 3.56. The third-order valence-corrected chi connectivity index (χ3v) is 8.86. The van der Waals surface area contributed by atoms with Gasteiger partial charge in [0.05, 0.1) is 24.4 Å². The van der Waals surface area contributed by atoms with E-state index in [9.17, 15) is 9.59 Å². The topological polar surface area (TPSA) is 103 Å². The quantitative estimate of drug-likeness (QED) is 0.531. The summed E-state index contributed by atoms with van der Waals surface area (Å²) < 4.78 is 5.63. The number of carbonyl (C=O) groups is 2. The van der Waals surface area contributed by atoms with Crippen molar-refractivity contribution < 1.29 is 14.3 Å². The number of carbonyl (C=O) groups excluding carboxylic acids is 2. The Bertz CT molecular complexity index is 1240. The monoisotopic (exact) mass is 533 g/mol. The first-order chi connectivity index (χ1) is 19.0. The van der Waals surface area contributed by atoms with Crippen LogP contribution in [-0.4, -0.2) is 79.6 Å². The number of likely N-dealkylation sites (tertiary alicyclic amines) is 1. The Balaban J connectivity index is 1.21. The molecule has 1 aromatic heterocycles. The molecule has 4 aliphatic rings. The zero-order chi connectivity index (χ0) is 27.0. The van der Waals surface area contributed by atoms with Crippen molar-refractivity contribution in [3.8, 4) is 5.75 Å². The van der Waals surface area contributed by atoms with E-state index in [2.05, 4.69) is 25.4 Å². The molecular weight excluding hydrogens is 494 g/mol. The second-order valence-electron chi connectivity index (χ2n) is 11.5. The van der Waals surface area contributed by atoms with Crippen LogP contribution in [-0.2, 0) is 4.79 Å². The van der Waals surface area contributed by atoms with E-state index < -0.39 is 0 Å². The van der Waals surface area contributed by atoms with Crippen molar-refractivity contribution in [2.75, 3.05) is 62.0 Å². The van der Waals surface area contributed by atoms with Gasteiger partial charge in [0, 0.05) is 38.3 Å². The summed E-state index contributed by atoms with van der Waals surface area (Å²) >= 11 is 0. The van der Waals surface area contributed by atoms with E-state index in [0.717, 1.165) is 63.4 Å². The Morgan fingerprint density at radius 2 is 1.92 bits per heavy atom. The minimum absolute atomic E-state index is 0.116. The molecule has 0 radical (unpaired) electrons. The molecule has 208 valence electrons. The van der Waals surface area contributed by atoms with Crippen molar-refractivity contribution >= 4 is 35.0 Å². The van der Waals surface area contributed by atoms with Crippen molar-refractivity contribution in [3.63, 3.8) is 0 Å². The molecule has 0 unspecified atom stereocenters. The van der Waals surface area contributed by atoms with Crippen LogP contribution in [0.3, 0.4) is 0 Å². The standard InChI is InChI=1S/C29H39N7O3/c1-34-23-18-31-28(33-25(23)36(21-7-3-4-8-21)19-29(11-12-29)27(34)38)32-22-10-9-20(17-24(22)39-2)26(37)30-13-16-35-14-5-6-15-35/h9-10,17-18,21H,3-8,11-16,19H2,1-2H3,(H,30,37)(H,31,32,33). The van der Waals surface area contributed by atoms with Gasteiger partial charge in [-0.3, -0.25) is 9.59 Å². The maximum atomic E-state index is 13.3. The Morgan fingerprint density at radius 3 is 2.64 bits per heavy atom. The summed E-state index contributed by atoms with van der Waals surface area (Å²) in [6.07, 6.45) is 10.7. The van der Waals surface area contributed by atoms with E-state index in [1.54, 1.807) is 30.3 Å². The normalized spacial score (nSPS) is 20.7. The smallest absolute Gasteiger partial charge is 0.251 e. The average molecular weight is 534 g/mol. The summed E-state index contributed by atoms with van der Waals surface area (Å²) in [6, 6.07) is 5.74. The zero-order valence-corrected chi connectivity index (χ0v) is 23.0. The Labute approximate surface area is 230 Å². The van der Waals surface area contributed by atoms with Crippen LogP contribution in [0.15, 0.2) is 24.4 Å². The fourth-order valence-electron chi connectivity index (χ4n) is 6.34. The first-order valence-electron chi connectivity index (χ1n) is 14.3. The van der Waals surface area contributed by atoms with E-state index in [0.29, 0.717) is 35.5 Å². The van der Waals surface area contributed by atoms with Gasteiger partial charge in [0.25, 0.3) is 5.91 Å². The molecule has 3 fully saturated rings. The van der Waals surface area contributed by atoms with Crippen LogP contribution in [0, 0.1) is 5.41 Å². The third kappa shape index (κ3) is 5.14. The minimum Gasteiger partial charge on any atom is -0.495 e. The molecule has 3 heterocycles. The molecule has 2 aliphatic heterocycles. The van der Waals surface area contributed by atoms with E-state index in [1.807, 2.05) is 13.1 Å². The highest BCUT2D eigenvalue weighted by atomic mass is 16.5. The number of rotatable bonds is 8. The van der Waals surface area contributed by atoms with Gasteiger partial charge in [-0.2, -0.15) is 4.98 Å². The summed E-state index contributed by atoms with van der Waals surface area (Å²) in [4.78, 5) is 42.1. The van der Waals surface area contributed by atoms with Crippen LogP contribution >= 0.6 is 0 Å². The maximum absolute atomic E-state index is 13.3. The number of ether oxygens (including phenoxy) is 1. The molecule has 2 N–H and O–H groups in total. The van der Waals surface area contributed by atoms with Gasteiger partial charge in [-0.15, -0.1) is 0 Å². The number of amides is 2. The third-order valence-electron chi connectivity index (χ3n) is 8.86. The van der Waals surface area contributed by atoms with Gasteiger partial charge in [-0.1, -0.05) is 12.8 Å². The number of fused-ring (bicyclic) bond motifs is 1. The molecule has 10 nitrogen and oxygen atoms in total. The van der Waals surface area contributed by atoms with Gasteiger partial charge < -0.3 is 30.1 Å². The highest BCUT2D eigenvalue weighted by molar-refractivity contribution is 6.03. The molecule has 6 rings (SSSR count). The SMILES string of the molecule is COc1cc(C(=O)NCCN2CCCC2)ccc1Nc1ncc2c(n1)N(C1CCCC1)CC1(CC1)C(=O)N2C. The molecule has 10 heteroatoms. The van der Waals surface area contributed by atoms with Crippen LogP contribution < -0.4 is 25.2 Å².